The average Bonchev–Trinajstić information content (AvgIpc) is 2.96. The molecule has 1 saturated carbocycles. The van der Waals surface area contributed by atoms with Crippen molar-refractivity contribution < 1.29 is 23.1 Å². The minimum Gasteiger partial charge on any atom is -0.465 e. The van der Waals surface area contributed by atoms with Gasteiger partial charge in [-0.05, 0) is 68.9 Å². The fourth-order valence-corrected chi connectivity index (χ4v) is 6.38. The number of anilines is 2. The molecular weight excluding hydrogens is 556 g/mol. The van der Waals surface area contributed by atoms with E-state index in [1.54, 1.807) is 30.6 Å². The molecule has 2 aromatic carbocycles. The lowest BCUT2D eigenvalue weighted by Gasteiger charge is -2.28. The fourth-order valence-electron chi connectivity index (χ4n) is 5.23. The Labute approximate surface area is 244 Å². The van der Waals surface area contributed by atoms with Crippen molar-refractivity contribution in [3.63, 3.8) is 0 Å². The number of nitrogens with zero attached hydrogens (tertiary/aromatic N) is 3. The van der Waals surface area contributed by atoms with E-state index < -0.39 is 16.1 Å². The predicted octanol–water partition coefficient (Wildman–Crippen LogP) is 5.93. The molecule has 4 N–H and O–H groups in total. The SMILES string of the molecule is CCCS(=O)(=O)Nc1cccc2c(Oc3ncccc3-c3ccnc(NC4CCC(NC(=O)O)CC4)n3)c(C)ccc12. The number of carbonyl (C=O) groups is 1. The molecular formula is C30H34N6O5S. The first-order valence-electron chi connectivity index (χ1n) is 14.0. The number of benzene rings is 2. The molecule has 11 nitrogen and oxygen atoms in total. The summed E-state index contributed by atoms with van der Waals surface area (Å²) in [4.78, 5) is 24.6. The predicted molar refractivity (Wildman–Crippen MR) is 163 cm³/mol. The molecule has 220 valence electrons. The Morgan fingerprint density at radius 1 is 0.976 bits per heavy atom. The first kappa shape index (κ1) is 29.1. The number of fused-ring (bicyclic) bond motifs is 1. The molecule has 1 aliphatic carbocycles. The van der Waals surface area contributed by atoms with Gasteiger partial charge in [0.25, 0.3) is 0 Å². The molecule has 12 heteroatoms. The first-order valence-corrected chi connectivity index (χ1v) is 15.6. The van der Waals surface area contributed by atoms with Crippen LogP contribution < -0.4 is 20.1 Å². The van der Waals surface area contributed by atoms with E-state index in [-0.39, 0.29) is 17.8 Å². The van der Waals surface area contributed by atoms with Gasteiger partial charge in [-0.3, -0.25) is 4.72 Å². The molecule has 0 atom stereocenters. The van der Waals surface area contributed by atoms with Crippen LogP contribution in [0.2, 0.25) is 0 Å². The van der Waals surface area contributed by atoms with Gasteiger partial charge in [-0.15, -0.1) is 0 Å². The molecule has 2 aromatic heterocycles. The lowest BCUT2D eigenvalue weighted by molar-refractivity contribution is 0.185. The van der Waals surface area contributed by atoms with E-state index >= 15 is 0 Å². The summed E-state index contributed by atoms with van der Waals surface area (Å²) in [6.45, 7) is 3.75. The second-order valence-electron chi connectivity index (χ2n) is 10.4. The summed E-state index contributed by atoms with van der Waals surface area (Å²) in [6, 6.07) is 14.8. The normalized spacial score (nSPS) is 17.0. The highest BCUT2D eigenvalue weighted by Gasteiger charge is 2.23. The fraction of sp³-hybridized carbons (Fsp3) is 0.333. The zero-order valence-corrected chi connectivity index (χ0v) is 24.3. The highest BCUT2D eigenvalue weighted by Crippen LogP contribution is 2.39. The van der Waals surface area contributed by atoms with Crippen LogP contribution in [0.1, 0.15) is 44.6 Å². The number of ether oxygens (including phenoxy) is 1. The third-order valence-corrected chi connectivity index (χ3v) is 8.71. The molecule has 1 aliphatic rings. The summed E-state index contributed by atoms with van der Waals surface area (Å²) >= 11 is 0. The number of carboxylic acid groups (broad SMARTS) is 1. The van der Waals surface area contributed by atoms with Crippen LogP contribution in [0.4, 0.5) is 16.4 Å². The Balaban J connectivity index is 1.40. The number of hydrogen-bond acceptors (Lipinski definition) is 8. The lowest BCUT2D eigenvalue weighted by atomic mass is 9.91. The molecule has 0 radical (unpaired) electrons. The van der Waals surface area contributed by atoms with Gasteiger partial charge < -0.3 is 20.5 Å². The molecule has 0 bridgehead atoms. The zero-order valence-electron chi connectivity index (χ0n) is 23.5. The summed E-state index contributed by atoms with van der Waals surface area (Å²) in [5.74, 6) is 1.44. The number of aromatic nitrogens is 3. The Hall–Kier alpha value is -4.45. The monoisotopic (exact) mass is 590 g/mol. The van der Waals surface area contributed by atoms with Crippen molar-refractivity contribution in [3.8, 4) is 22.9 Å². The van der Waals surface area contributed by atoms with E-state index in [1.165, 1.54) is 0 Å². The van der Waals surface area contributed by atoms with Gasteiger partial charge in [0.2, 0.25) is 21.9 Å². The summed E-state index contributed by atoms with van der Waals surface area (Å²) < 4.78 is 34.2. The van der Waals surface area contributed by atoms with Gasteiger partial charge in [0.05, 0.1) is 22.7 Å². The van der Waals surface area contributed by atoms with Crippen LogP contribution in [-0.2, 0) is 10.0 Å². The minimum absolute atomic E-state index is 0.0342. The van der Waals surface area contributed by atoms with E-state index in [0.717, 1.165) is 42.0 Å². The minimum atomic E-state index is -3.47. The highest BCUT2D eigenvalue weighted by atomic mass is 32.2. The van der Waals surface area contributed by atoms with Crippen molar-refractivity contribution in [2.75, 3.05) is 15.8 Å². The van der Waals surface area contributed by atoms with Crippen LogP contribution in [0.15, 0.2) is 60.9 Å². The van der Waals surface area contributed by atoms with Crippen LogP contribution >= 0.6 is 0 Å². The van der Waals surface area contributed by atoms with Gasteiger partial charge in [0.15, 0.2) is 0 Å². The van der Waals surface area contributed by atoms with E-state index in [4.69, 9.17) is 14.8 Å². The number of nitrogens with one attached hydrogen (secondary N) is 3. The lowest BCUT2D eigenvalue weighted by Crippen LogP contribution is -2.39. The summed E-state index contributed by atoms with van der Waals surface area (Å²) in [7, 11) is -3.47. The van der Waals surface area contributed by atoms with Crippen molar-refractivity contribution in [2.24, 2.45) is 0 Å². The van der Waals surface area contributed by atoms with Crippen LogP contribution in [-0.4, -0.2) is 52.4 Å². The maximum absolute atomic E-state index is 12.5. The van der Waals surface area contributed by atoms with E-state index in [2.05, 4.69) is 25.3 Å². The second kappa shape index (κ2) is 12.6. The van der Waals surface area contributed by atoms with Gasteiger partial charge >= 0.3 is 6.09 Å². The van der Waals surface area contributed by atoms with Gasteiger partial charge in [-0.2, -0.15) is 0 Å². The largest absolute Gasteiger partial charge is 0.465 e. The summed E-state index contributed by atoms with van der Waals surface area (Å²) in [6.07, 6.45) is 5.94. The topological polar surface area (TPSA) is 155 Å². The van der Waals surface area contributed by atoms with Crippen molar-refractivity contribution >= 4 is 38.5 Å². The molecule has 2 heterocycles. The molecule has 1 fully saturated rings. The van der Waals surface area contributed by atoms with Crippen LogP contribution in [0.5, 0.6) is 11.6 Å². The summed E-state index contributed by atoms with van der Waals surface area (Å²) in [5.41, 5.74) is 2.66. The van der Waals surface area contributed by atoms with Gasteiger partial charge in [-0.25, -0.2) is 28.2 Å². The van der Waals surface area contributed by atoms with Gasteiger partial charge in [-0.1, -0.05) is 31.2 Å². The number of sulfonamides is 1. The van der Waals surface area contributed by atoms with Gasteiger partial charge in [0.1, 0.15) is 5.75 Å². The average molecular weight is 591 g/mol. The van der Waals surface area contributed by atoms with Crippen LogP contribution in [0.25, 0.3) is 22.0 Å². The molecule has 4 aromatic rings. The maximum atomic E-state index is 12.5. The van der Waals surface area contributed by atoms with E-state index in [0.29, 0.717) is 40.9 Å². The Bertz CT molecular complexity index is 1690. The van der Waals surface area contributed by atoms with Crippen molar-refractivity contribution in [3.05, 3.63) is 66.5 Å². The molecule has 0 saturated heterocycles. The highest BCUT2D eigenvalue weighted by molar-refractivity contribution is 7.92. The van der Waals surface area contributed by atoms with E-state index in [1.807, 2.05) is 44.2 Å². The first-order chi connectivity index (χ1) is 20.2. The molecule has 0 aliphatic heterocycles. The molecule has 42 heavy (non-hydrogen) atoms. The van der Waals surface area contributed by atoms with Crippen molar-refractivity contribution in [1.82, 2.24) is 20.3 Å². The third kappa shape index (κ3) is 6.88. The molecule has 0 unspecified atom stereocenters. The zero-order chi connectivity index (χ0) is 29.7. The van der Waals surface area contributed by atoms with Crippen LogP contribution in [0.3, 0.4) is 0 Å². The third-order valence-electron chi connectivity index (χ3n) is 7.24. The Morgan fingerprint density at radius 2 is 1.76 bits per heavy atom. The maximum Gasteiger partial charge on any atom is 0.404 e. The molecule has 0 spiro atoms. The number of aryl methyl sites for hydroxylation is 1. The molecule has 5 rings (SSSR count). The van der Waals surface area contributed by atoms with Crippen molar-refractivity contribution in [2.45, 2.75) is 58.0 Å². The van der Waals surface area contributed by atoms with Crippen LogP contribution in [0, 0.1) is 6.92 Å². The van der Waals surface area contributed by atoms with Crippen molar-refractivity contribution in [1.29, 1.82) is 0 Å². The number of amides is 1. The Morgan fingerprint density at radius 3 is 2.52 bits per heavy atom. The Kier molecular flexibility index (Phi) is 8.72. The van der Waals surface area contributed by atoms with Gasteiger partial charge in [0, 0.05) is 35.2 Å². The smallest absolute Gasteiger partial charge is 0.404 e. The second-order valence-corrected chi connectivity index (χ2v) is 12.2. The number of pyridine rings is 1. The summed E-state index contributed by atoms with van der Waals surface area (Å²) in [5, 5.41) is 16.4. The van der Waals surface area contributed by atoms with E-state index in [9.17, 15) is 13.2 Å². The quantitative estimate of drug-likeness (QED) is 0.176. The molecule has 1 amide bonds. The standard InChI is InChI=1S/C30H34N6O5S/c1-3-18-42(39,40)36-26-8-4-6-23-22(26)14-9-19(2)27(23)41-28-24(7-5-16-31-28)25-15-17-32-29(35-25)33-20-10-12-21(13-11-20)34-30(37)38/h4-9,14-17,20-21,34,36H,3,10-13,18H2,1-2H3,(H,37,38)(H,32,33,35). The number of rotatable bonds is 10. The number of hydrogen-bond donors (Lipinski definition) is 4.